The van der Waals surface area contributed by atoms with Crippen LogP contribution in [0, 0.1) is 0 Å². The Morgan fingerprint density at radius 1 is 1.00 bits per heavy atom. The molecule has 0 aromatic heterocycles. The van der Waals surface area contributed by atoms with Gasteiger partial charge in [-0.15, -0.1) is 0 Å². The molecule has 0 saturated carbocycles. The first-order valence-electron chi connectivity index (χ1n) is 7.44. The van der Waals surface area contributed by atoms with E-state index in [1.54, 1.807) is 30.3 Å². The van der Waals surface area contributed by atoms with E-state index in [-0.39, 0.29) is 11.9 Å². The van der Waals surface area contributed by atoms with Gasteiger partial charge >= 0.3 is 16.4 Å². The molecule has 0 fully saturated rings. The molecule has 8 heteroatoms. The highest BCUT2D eigenvalue weighted by Crippen LogP contribution is 2.41. The van der Waals surface area contributed by atoms with Crippen LogP contribution in [0.5, 0.6) is 0 Å². The fourth-order valence-corrected chi connectivity index (χ4v) is 5.55. The first kappa shape index (κ1) is 19.5. The summed E-state index contributed by atoms with van der Waals surface area (Å²) in [6, 6.07) is 8.64. The smallest absolute Gasteiger partial charge is 0.374 e. The van der Waals surface area contributed by atoms with E-state index in [0.717, 1.165) is 0 Å². The van der Waals surface area contributed by atoms with E-state index in [1.165, 1.54) is 0 Å². The largest absolute Gasteiger partial charge is 0.503 e. The van der Waals surface area contributed by atoms with Crippen molar-refractivity contribution >= 4 is 21.7 Å². The van der Waals surface area contributed by atoms with E-state index < -0.39 is 16.4 Å². The first-order chi connectivity index (χ1) is 10.5. The molecule has 0 radical (unpaired) electrons. The molecular weight excluding hydrogens is 323 g/mol. The van der Waals surface area contributed by atoms with Crippen molar-refractivity contribution in [1.29, 1.82) is 0 Å². The van der Waals surface area contributed by atoms with E-state index in [1.807, 2.05) is 20.8 Å². The second-order valence-electron chi connectivity index (χ2n) is 4.42. The van der Waals surface area contributed by atoms with Crippen molar-refractivity contribution in [3.63, 3.8) is 0 Å². The third kappa shape index (κ3) is 5.93. The third-order valence-corrected chi connectivity index (χ3v) is 7.34. The van der Waals surface area contributed by atoms with Gasteiger partial charge in [0.25, 0.3) is 0 Å². The molecule has 1 N–H and O–H groups in total. The van der Waals surface area contributed by atoms with Crippen molar-refractivity contribution in [2.75, 3.05) is 26.4 Å². The van der Waals surface area contributed by atoms with E-state index in [2.05, 4.69) is 0 Å². The lowest BCUT2D eigenvalue weighted by Gasteiger charge is -2.28. The summed E-state index contributed by atoms with van der Waals surface area (Å²) in [6.45, 7) is 7.00. The van der Waals surface area contributed by atoms with Crippen molar-refractivity contribution < 1.29 is 27.3 Å². The molecule has 0 spiro atoms. The van der Waals surface area contributed by atoms with Gasteiger partial charge in [0.05, 0.1) is 11.9 Å². The lowest BCUT2D eigenvalue weighted by molar-refractivity contribution is 0.0673. The van der Waals surface area contributed by atoms with E-state index in [9.17, 15) is 9.46 Å². The zero-order valence-corrected chi connectivity index (χ0v) is 15.3. The van der Waals surface area contributed by atoms with E-state index in [0.29, 0.717) is 25.9 Å². The molecule has 0 amide bonds. The molecule has 1 aromatic rings. The second kappa shape index (κ2) is 9.57. The lowest BCUT2D eigenvalue weighted by Crippen LogP contribution is -2.46. The molecule has 1 aromatic carbocycles. The third-order valence-electron chi connectivity index (χ3n) is 2.85. The molecular formula is C14H25O6PSi. The van der Waals surface area contributed by atoms with Crippen LogP contribution in [-0.2, 0) is 22.4 Å². The van der Waals surface area contributed by atoms with Crippen LogP contribution >= 0.6 is 7.60 Å². The van der Waals surface area contributed by atoms with Crippen LogP contribution < -0.4 is 5.30 Å². The molecule has 0 heterocycles. The minimum absolute atomic E-state index is 0.0366. The van der Waals surface area contributed by atoms with Crippen LogP contribution in [-0.4, -0.2) is 40.1 Å². The Hall–Kier alpha value is -0.533. The van der Waals surface area contributed by atoms with Gasteiger partial charge in [0.15, 0.2) is 0 Å². The zero-order valence-electron chi connectivity index (χ0n) is 13.4. The summed E-state index contributed by atoms with van der Waals surface area (Å²) in [5.41, 5.74) is 0. The van der Waals surface area contributed by atoms with Crippen LogP contribution in [0.1, 0.15) is 20.8 Å². The molecule has 0 aliphatic heterocycles. The van der Waals surface area contributed by atoms with Gasteiger partial charge in [0, 0.05) is 25.9 Å². The summed E-state index contributed by atoms with van der Waals surface area (Å²) in [5, 5.41) is 0.270. The van der Waals surface area contributed by atoms with Gasteiger partial charge in [-0.1, -0.05) is 18.2 Å². The Morgan fingerprint density at radius 2 is 1.50 bits per heavy atom. The monoisotopic (exact) mass is 348 g/mol. The maximum Gasteiger partial charge on any atom is 0.503 e. The predicted octanol–water partition coefficient (Wildman–Crippen LogP) is 2.56. The highest BCUT2D eigenvalue weighted by atomic mass is 31.2. The Morgan fingerprint density at radius 3 is 1.95 bits per heavy atom. The standard InChI is InChI=1S/C14H25O6PSi/c1-4-18-22(19-5-2,20-6-3)13-12-17-21(15,16)14-10-8-7-9-11-14/h7-11H,4-6,12-13H2,1-3H3,(H,15,16). The average Bonchev–Trinajstić information content (AvgIpc) is 2.49. The van der Waals surface area contributed by atoms with Crippen molar-refractivity contribution in [3.05, 3.63) is 30.3 Å². The quantitative estimate of drug-likeness (QED) is 0.489. The fourth-order valence-electron chi connectivity index (χ4n) is 1.99. The van der Waals surface area contributed by atoms with Gasteiger partial charge in [0.1, 0.15) is 0 Å². The lowest BCUT2D eigenvalue weighted by atomic mass is 10.4. The zero-order chi connectivity index (χ0) is 16.5. The molecule has 126 valence electrons. The molecule has 1 unspecified atom stereocenters. The second-order valence-corrected chi connectivity index (χ2v) is 8.97. The Labute approximate surface area is 133 Å². The topological polar surface area (TPSA) is 74.2 Å². The molecule has 1 rings (SSSR count). The van der Waals surface area contributed by atoms with Crippen molar-refractivity contribution in [3.8, 4) is 0 Å². The van der Waals surface area contributed by atoms with E-state index >= 15 is 0 Å². The summed E-state index contributed by atoms with van der Waals surface area (Å²) in [4.78, 5) is 10.00. The van der Waals surface area contributed by atoms with E-state index in [4.69, 9.17) is 17.8 Å². The van der Waals surface area contributed by atoms with Crippen LogP contribution in [0.2, 0.25) is 6.04 Å². The van der Waals surface area contributed by atoms with Gasteiger partial charge in [-0.3, -0.25) is 4.57 Å². The summed E-state index contributed by atoms with van der Waals surface area (Å²) < 4.78 is 34.4. The molecule has 0 saturated heterocycles. The molecule has 0 bridgehead atoms. The van der Waals surface area contributed by atoms with Crippen LogP contribution in [0.3, 0.4) is 0 Å². The summed E-state index contributed by atoms with van der Waals surface area (Å²) in [6.07, 6.45) is 0. The number of rotatable bonds is 11. The van der Waals surface area contributed by atoms with Crippen molar-refractivity contribution in [2.45, 2.75) is 26.8 Å². The highest BCUT2D eigenvalue weighted by Gasteiger charge is 2.40. The Kier molecular flexibility index (Phi) is 8.49. The maximum atomic E-state index is 12.2. The SMILES string of the molecule is CCO[Si](CCOP(=O)(O)c1ccccc1)(OCC)OCC. The van der Waals surface area contributed by atoms with Crippen molar-refractivity contribution in [1.82, 2.24) is 0 Å². The fraction of sp³-hybridized carbons (Fsp3) is 0.571. The van der Waals surface area contributed by atoms with Crippen LogP contribution in [0.25, 0.3) is 0 Å². The summed E-state index contributed by atoms with van der Waals surface area (Å²) in [7, 11) is -6.69. The minimum Gasteiger partial charge on any atom is -0.374 e. The maximum absolute atomic E-state index is 12.2. The van der Waals surface area contributed by atoms with Crippen molar-refractivity contribution in [2.24, 2.45) is 0 Å². The number of hydrogen-bond acceptors (Lipinski definition) is 5. The number of hydrogen-bond donors (Lipinski definition) is 1. The predicted molar refractivity (Wildman–Crippen MR) is 87.3 cm³/mol. The van der Waals surface area contributed by atoms with Gasteiger partial charge in [0.2, 0.25) is 0 Å². The average molecular weight is 348 g/mol. The number of benzene rings is 1. The first-order valence-corrected chi connectivity index (χ1v) is 11.0. The molecule has 0 aliphatic carbocycles. The Balaban J connectivity index is 2.67. The van der Waals surface area contributed by atoms with Gasteiger partial charge in [-0.05, 0) is 32.9 Å². The summed E-state index contributed by atoms with van der Waals surface area (Å²) >= 11 is 0. The van der Waals surface area contributed by atoms with Crippen LogP contribution in [0.4, 0.5) is 0 Å². The molecule has 22 heavy (non-hydrogen) atoms. The Bertz CT molecular complexity index is 453. The molecule has 6 nitrogen and oxygen atoms in total. The normalized spacial score (nSPS) is 14.7. The van der Waals surface area contributed by atoms with Gasteiger partial charge < -0.3 is 22.7 Å². The molecule has 1 atom stereocenters. The van der Waals surface area contributed by atoms with Gasteiger partial charge in [-0.2, -0.15) is 0 Å². The highest BCUT2D eigenvalue weighted by molar-refractivity contribution is 7.61. The summed E-state index contributed by atoms with van der Waals surface area (Å²) in [5.74, 6) is 0. The van der Waals surface area contributed by atoms with Crippen LogP contribution in [0.15, 0.2) is 30.3 Å². The minimum atomic E-state index is -3.83. The van der Waals surface area contributed by atoms with Gasteiger partial charge in [-0.25, -0.2) is 0 Å². The molecule has 0 aliphatic rings.